The molecule has 3 aromatic carbocycles. The number of methoxy groups -OCH3 is 2. The van der Waals surface area contributed by atoms with E-state index in [9.17, 15) is 9.90 Å². The average Bonchev–Trinajstić information content (AvgIpc) is 3.39. The second-order valence-electron chi connectivity index (χ2n) is 7.85. The summed E-state index contributed by atoms with van der Waals surface area (Å²) >= 11 is 0. The van der Waals surface area contributed by atoms with Crippen LogP contribution in [0.15, 0.2) is 72.8 Å². The average molecular weight is 433 g/mol. The molecule has 0 saturated carbocycles. The van der Waals surface area contributed by atoms with Gasteiger partial charge in [-0.15, -0.1) is 0 Å². The van der Waals surface area contributed by atoms with Gasteiger partial charge in [-0.1, -0.05) is 42.5 Å². The van der Waals surface area contributed by atoms with Crippen LogP contribution in [0.1, 0.15) is 29.5 Å². The third kappa shape index (κ3) is 4.20. The maximum Gasteiger partial charge on any atom is 0.241 e. The van der Waals surface area contributed by atoms with Crippen molar-refractivity contribution in [3.05, 3.63) is 89.5 Å². The Labute approximate surface area is 188 Å². The zero-order chi connectivity index (χ0) is 22.6. The summed E-state index contributed by atoms with van der Waals surface area (Å²) in [5.41, 5.74) is 0.959. The number of nitrogens with one attached hydrogen (secondary N) is 2. The van der Waals surface area contributed by atoms with Crippen molar-refractivity contribution in [2.45, 2.75) is 24.5 Å². The maximum absolute atomic E-state index is 12.8. The molecule has 0 aliphatic carbocycles. The molecular formula is C26H28N2O4. The van der Waals surface area contributed by atoms with Gasteiger partial charge in [-0.2, -0.15) is 0 Å². The van der Waals surface area contributed by atoms with E-state index in [2.05, 4.69) is 10.6 Å². The third-order valence-electron chi connectivity index (χ3n) is 5.97. The summed E-state index contributed by atoms with van der Waals surface area (Å²) in [5, 5.41) is 18.5. The lowest BCUT2D eigenvalue weighted by atomic mass is 9.79. The molecule has 0 spiro atoms. The number of rotatable bonds is 7. The van der Waals surface area contributed by atoms with Crippen LogP contribution in [0, 0.1) is 0 Å². The number of para-hydroxylation sites is 1. The fourth-order valence-electron chi connectivity index (χ4n) is 4.18. The van der Waals surface area contributed by atoms with E-state index in [1.54, 1.807) is 14.2 Å². The minimum absolute atomic E-state index is 0.0956. The van der Waals surface area contributed by atoms with Crippen LogP contribution in [0.3, 0.4) is 0 Å². The number of ether oxygens (including phenoxy) is 2. The second kappa shape index (κ2) is 9.42. The molecule has 6 heteroatoms. The van der Waals surface area contributed by atoms with Gasteiger partial charge in [0.2, 0.25) is 5.91 Å². The zero-order valence-corrected chi connectivity index (χ0v) is 18.3. The Balaban J connectivity index is 1.81. The number of carbonyl (C=O) groups excluding carboxylic acids is 1. The quantitative estimate of drug-likeness (QED) is 0.497. The van der Waals surface area contributed by atoms with E-state index in [1.165, 1.54) is 0 Å². The number of hydrogen-bond donors (Lipinski definition) is 3. The summed E-state index contributed by atoms with van der Waals surface area (Å²) in [6.07, 6.45) is 1.77. The minimum Gasteiger partial charge on any atom is -0.497 e. The maximum atomic E-state index is 12.8. The van der Waals surface area contributed by atoms with E-state index >= 15 is 0 Å². The molecule has 3 aromatic rings. The van der Waals surface area contributed by atoms with Crippen LogP contribution >= 0.6 is 0 Å². The van der Waals surface area contributed by atoms with Crippen molar-refractivity contribution in [2.24, 2.45) is 0 Å². The summed E-state index contributed by atoms with van der Waals surface area (Å²) in [6.45, 7) is 0.835. The van der Waals surface area contributed by atoms with Crippen LogP contribution in [0.5, 0.6) is 11.5 Å². The van der Waals surface area contributed by atoms with Crippen molar-refractivity contribution in [1.82, 2.24) is 5.32 Å². The molecule has 1 fully saturated rings. The van der Waals surface area contributed by atoms with Gasteiger partial charge < -0.3 is 25.2 Å². The second-order valence-corrected chi connectivity index (χ2v) is 7.85. The lowest BCUT2D eigenvalue weighted by Gasteiger charge is -2.32. The molecule has 1 heterocycles. The normalized spacial score (nSPS) is 15.9. The fourth-order valence-corrected chi connectivity index (χ4v) is 4.18. The van der Waals surface area contributed by atoms with Gasteiger partial charge in [0, 0.05) is 11.3 Å². The lowest BCUT2D eigenvalue weighted by Crippen LogP contribution is -2.37. The van der Waals surface area contributed by atoms with Gasteiger partial charge in [-0.05, 0) is 60.8 Å². The Morgan fingerprint density at radius 3 is 2.00 bits per heavy atom. The van der Waals surface area contributed by atoms with Crippen molar-refractivity contribution in [3.63, 3.8) is 0 Å². The molecule has 0 bridgehead atoms. The Kier molecular flexibility index (Phi) is 6.44. The number of amides is 1. The van der Waals surface area contributed by atoms with E-state index in [-0.39, 0.29) is 11.9 Å². The molecule has 3 N–H and O–H groups in total. The largest absolute Gasteiger partial charge is 0.497 e. The first-order valence-corrected chi connectivity index (χ1v) is 10.7. The van der Waals surface area contributed by atoms with Crippen LogP contribution < -0.4 is 20.1 Å². The zero-order valence-electron chi connectivity index (χ0n) is 18.3. The molecule has 0 radical (unpaired) electrons. The van der Waals surface area contributed by atoms with Crippen LogP contribution in [0.25, 0.3) is 0 Å². The molecule has 32 heavy (non-hydrogen) atoms. The van der Waals surface area contributed by atoms with Gasteiger partial charge in [0.1, 0.15) is 17.1 Å². The SMILES string of the molecule is COc1ccc(C(O)(c2ccc(OC)cc2)c2ccccc2NC(=O)[C@@H]2CCCN2)cc1. The summed E-state index contributed by atoms with van der Waals surface area (Å²) in [7, 11) is 3.21. The standard InChI is InChI=1S/C26H28N2O4/c1-31-20-13-9-18(10-14-20)26(30,19-11-15-21(32-2)16-12-19)22-6-3-4-7-23(22)28-25(29)24-8-5-17-27-24/h3-4,6-7,9-16,24,27,30H,5,8,17H2,1-2H3,(H,28,29)/t24-/m0/s1. The number of carbonyl (C=O) groups is 1. The summed E-state index contributed by atoms with van der Waals surface area (Å²) in [4.78, 5) is 12.8. The molecule has 6 nitrogen and oxygen atoms in total. The van der Waals surface area contributed by atoms with Crippen molar-refractivity contribution >= 4 is 11.6 Å². The van der Waals surface area contributed by atoms with Crippen molar-refractivity contribution in [1.29, 1.82) is 0 Å². The van der Waals surface area contributed by atoms with Gasteiger partial charge in [0.15, 0.2) is 0 Å². The number of aliphatic hydroxyl groups is 1. The Morgan fingerprint density at radius 2 is 1.50 bits per heavy atom. The molecule has 1 aliphatic heterocycles. The van der Waals surface area contributed by atoms with E-state index in [4.69, 9.17) is 9.47 Å². The monoisotopic (exact) mass is 432 g/mol. The highest BCUT2D eigenvalue weighted by Crippen LogP contribution is 2.41. The Bertz CT molecular complexity index is 1010. The first-order chi connectivity index (χ1) is 15.6. The molecule has 1 aliphatic rings. The lowest BCUT2D eigenvalue weighted by molar-refractivity contribution is -0.117. The molecule has 1 amide bonds. The Morgan fingerprint density at radius 1 is 0.938 bits per heavy atom. The van der Waals surface area contributed by atoms with Crippen LogP contribution in [-0.2, 0) is 10.4 Å². The van der Waals surface area contributed by atoms with Gasteiger partial charge in [0.05, 0.1) is 20.3 Å². The van der Waals surface area contributed by atoms with Crippen LogP contribution in [0.4, 0.5) is 5.69 Å². The van der Waals surface area contributed by atoms with Gasteiger partial charge in [-0.3, -0.25) is 4.79 Å². The topological polar surface area (TPSA) is 79.8 Å². The van der Waals surface area contributed by atoms with Crippen molar-refractivity contribution in [2.75, 3.05) is 26.1 Å². The van der Waals surface area contributed by atoms with E-state index in [1.807, 2.05) is 72.8 Å². The summed E-state index contributed by atoms with van der Waals surface area (Å²) in [5.74, 6) is 1.29. The number of hydrogen-bond acceptors (Lipinski definition) is 5. The van der Waals surface area contributed by atoms with Gasteiger partial charge in [0.25, 0.3) is 0 Å². The van der Waals surface area contributed by atoms with Gasteiger partial charge >= 0.3 is 0 Å². The predicted molar refractivity (Wildman–Crippen MR) is 124 cm³/mol. The summed E-state index contributed by atoms with van der Waals surface area (Å²) < 4.78 is 10.6. The molecule has 4 rings (SSSR count). The fraction of sp³-hybridized carbons (Fsp3) is 0.269. The molecule has 166 valence electrons. The van der Waals surface area contributed by atoms with Gasteiger partial charge in [-0.25, -0.2) is 0 Å². The van der Waals surface area contributed by atoms with Crippen LogP contribution in [-0.4, -0.2) is 37.8 Å². The highest BCUT2D eigenvalue weighted by atomic mass is 16.5. The molecular weight excluding hydrogens is 404 g/mol. The van der Waals surface area contributed by atoms with Crippen LogP contribution in [0.2, 0.25) is 0 Å². The van der Waals surface area contributed by atoms with E-state index in [0.717, 1.165) is 19.4 Å². The van der Waals surface area contributed by atoms with Crippen molar-refractivity contribution < 1.29 is 19.4 Å². The number of anilines is 1. The molecule has 0 unspecified atom stereocenters. The third-order valence-corrected chi connectivity index (χ3v) is 5.97. The predicted octanol–water partition coefficient (Wildman–Crippen LogP) is 3.68. The van der Waals surface area contributed by atoms with E-state index in [0.29, 0.717) is 33.9 Å². The molecule has 1 saturated heterocycles. The summed E-state index contributed by atoms with van der Waals surface area (Å²) in [6, 6.07) is 21.7. The smallest absolute Gasteiger partial charge is 0.241 e. The first kappa shape index (κ1) is 21.9. The first-order valence-electron chi connectivity index (χ1n) is 10.7. The van der Waals surface area contributed by atoms with E-state index < -0.39 is 5.60 Å². The highest BCUT2D eigenvalue weighted by Gasteiger charge is 2.36. The molecule has 0 aromatic heterocycles. The highest BCUT2D eigenvalue weighted by molar-refractivity contribution is 5.96. The minimum atomic E-state index is -1.51. The molecule has 1 atom stereocenters. The Hall–Kier alpha value is -3.35. The number of benzene rings is 3. The van der Waals surface area contributed by atoms with Crippen molar-refractivity contribution in [3.8, 4) is 11.5 Å².